The zero-order valence-electron chi connectivity index (χ0n) is 15.6. The monoisotopic (exact) mass is 404 g/mol. The van der Waals surface area contributed by atoms with E-state index in [2.05, 4.69) is 5.16 Å². The molecule has 148 valence electrons. The molecule has 0 atom stereocenters. The number of aromatic nitrogens is 1. The van der Waals surface area contributed by atoms with Crippen LogP contribution in [0.1, 0.15) is 16.8 Å². The second kappa shape index (κ2) is 8.22. The Morgan fingerprint density at radius 1 is 1.07 bits per heavy atom. The number of nitrogens with zero attached hydrogens (tertiary/aromatic N) is 1. The number of halogens is 1. The highest BCUT2D eigenvalue weighted by Crippen LogP contribution is 2.38. The van der Waals surface area contributed by atoms with Gasteiger partial charge in [0.2, 0.25) is 10.0 Å². The Morgan fingerprint density at radius 3 is 2.39 bits per heavy atom. The number of benzene rings is 2. The number of rotatable bonds is 7. The van der Waals surface area contributed by atoms with Gasteiger partial charge in [-0.15, -0.1) is 0 Å². The van der Waals surface area contributed by atoms with Gasteiger partial charge in [-0.1, -0.05) is 41.6 Å². The maximum absolute atomic E-state index is 12.5. The van der Waals surface area contributed by atoms with Crippen LogP contribution in [0.4, 0.5) is 4.39 Å². The molecule has 1 heterocycles. The van der Waals surface area contributed by atoms with Crippen molar-refractivity contribution >= 4 is 10.0 Å². The van der Waals surface area contributed by atoms with Crippen LogP contribution in [-0.4, -0.2) is 26.9 Å². The van der Waals surface area contributed by atoms with Crippen molar-refractivity contribution in [2.75, 3.05) is 13.3 Å². The van der Waals surface area contributed by atoms with Crippen LogP contribution in [0.15, 0.2) is 51.9 Å². The fraction of sp³-hybridized carbons (Fsp3) is 0.250. The van der Waals surface area contributed by atoms with Crippen LogP contribution in [0.3, 0.4) is 0 Å². The van der Waals surface area contributed by atoms with Crippen LogP contribution in [-0.2, 0) is 21.4 Å². The van der Waals surface area contributed by atoms with Crippen molar-refractivity contribution < 1.29 is 22.1 Å². The summed E-state index contributed by atoms with van der Waals surface area (Å²) in [6.07, 6.45) is 0. The summed E-state index contributed by atoms with van der Waals surface area (Å²) in [6.45, 7) is 3.10. The second-order valence-corrected chi connectivity index (χ2v) is 7.85. The number of ether oxygens (including phenoxy) is 1. The van der Waals surface area contributed by atoms with Crippen molar-refractivity contribution in [3.63, 3.8) is 0 Å². The molecular weight excluding hydrogens is 383 g/mol. The molecule has 0 saturated heterocycles. The van der Waals surface area contributed by atoms with Gasteiger partial charge < -0.3 is 9.26 Å². The molecule has 0 aliphatic carbocycles. The van der Waals surface area contributed by atoms with E-state index in [0.717, 1.165) is 11.1 Å². The molecule has 0 unspecified atom stereocenters. The zero-order valence-corrected chi connectivity index (χ0v) is 16.4. The van der Waals surface area contributed by atoms with Crippen LogP contribution in [0.5, 0.6) is 0 Å². The molecule has 0 amide bonds. The molecule has 0 radical (unpaired) electrons. The molecule has 28 heavy (non-hydrogen) atoms. The minimum atomic E-state index is -4.10. The lowest BCUT2D eigenvalue weighted by molar-refractivity contribution is 0.107. The van der Waals surface area contributed by atoms with Gasteiger partial charge in [-0.05, 0) is 31.0 Å². The van der Waals surface area contributed by atoms with Crippen LogP contribution >= 0.6 is 0 Å². The van der Waals surface area contributed by atoms with Crippen molar-refractivity contribution in [1.82, 2.24) is 5.16 Å². The highest BCUT2D eigenvalue weighted by molar-refractivity contribution is 7.89. The smallest absolute Gasteiger partial charge is 0.239 e. The summed E-state index contributed by atoms with van der Waals surface area (Å²) in [5, 5.41) is 9.51. The molecule has 8 heteroatoms. The first-order valence-corrected chi connectivity index (χ1v) is 10.2. The Labute approximate surface area is 163 Å². The number of sulfonamides is 1. The van der Waals surface area contributed by atoms with E-state index in [0.29, 0.717) is 28.1 Å². The van der Waals surface area contributed by atoms with Gasteiger partial charge in [-0.25, -0.2) is 17.9 Å². The van der Waals surface area contributed by atoms with Crippen molar-refractivity contribution in [2.24, 2.45) is 5.14 Å². The van der Waals surface area contributed by atoms with Gasteiger partial charge in [0, 0.05) is 16.7 Å². The maximum Gasteiger partial charge on any atom is 0.239 e. The highest BCUT2D eigenvalue weighted by atomic mass is 32.2. The van der Waals surface area contributed by atoms with Crippen molar-refractivity contribution in [3.8, 4) is 22.5 Å². The van der Waals surface area contributed by atoms with E-state index in [9.17, 15) is 12.8 Å². The van der Waals surface area contributed by atoms with E-state index in [-0.39, 0.29) is 18.1 Å². The van der Waals surface area contributed by atoms with Gasteiger partial charge in [0.1, 0.15) is 11.6 Å². The Balaban J connectivity index is 2.24. The largest absolute Gasteiger partial charge is 0.374 e. The lowest BCUT2D eigenvalue weighted by atomic mass is 9.96. The summed E-state index contributed by atoms with van der Waals surface area (Å²) in [5.41, 5.74) is 3.54. The summed E-state index contributed by atoms with van der Waals surface area (Å²) in [4.78, 5) is -0.0489. The summed E-state index contributed by atoms with van der Waals surface area (Å²) in [7, 11) is -4.10. The lowest BCUT2D eigenvalue weighted by Gasteiger charge is -2.15. The SMILES string of the molecule is Cc1noc(-c2cccc(-c3ccccc3COCCF)c2S(N)(=O)=O)c1C. The number of hydrogen-bond donors (Lipinski definition) is 1. The molecule has 0 spiro atoms. The highest BCUT2D eigenvalue weighted by Gasteiger charge is 2.25. The van der Waals surface area contributed by atoms with Gasteiger partial charge in [0.15, 0.2) is 5.76 Å². The molecule has 1 aromatic heterocycles. The number of alkyl halides is 1. The number of hydrogen-bond acceptors (Lipinski definition) is 5. The predicted molar refractivity (Wildman–Crippen MR) is 104 cm³/mol. The number of aryl methyl sites for hydroxylation is 1. The normalized spacial score (nSPS) is 11.7. The van der Waals surface area contributed by atoms with Gasteiger partial charge in [-0.3, -0.25) is 0 Å². The molecule has 2 N–H and O–H groups in total. The predicted octanol–water partition coefficient (Wildman–Crippen LogP) is 3.76. The zero-order chi connectivity index (χ0) is 20.3. The van der Waals surface area contributed by atoms with Gasteiger partial charge in [0.25, 0.3) is 0 Å². The Kier molecular flexibility index (Phi) is 5.93. The molecule has 3 rings (SSSR count). The Bertz CT molecular complexity index is 1090. The number of primary sulfonamides is 1. The molecule has 0 fully saturated rings. The first-order valence-electron chi connectivity index (χ1n) is 8.65. The Hall–Kier alpha value is -2.55. The van der Waals surface area contributed by atoms with Crippen molar-refractivity contribution in [3.05, 3.63) is 59.3 Å². The van der Waals surface area contributed by atoms with Gasteiger partial charge >= 0.3 is 0 Å². The van der Waals surface area contributed by atoms with Gasteiger partial charge in [-0.2, -0.15) is 0 Å². The van der Waals surface area contributed by atoms with Crippen molar-refractivity contribution in [1.29, 1.82) is 0 Å². The van der Waals surface area contributed by atoms with E-state index in [1.54, 1.807) is 50.2 Å². The average molecular weight is 404 g/mol. The summed E-state index contributed by atoms with van der Waals surface area (Å²) >= 11 is 0. The fourth-order valence-corrected chi connectivity index (χ4v) is 4.00. The summed E-state index contributed by atoms with van der Waals surface area (Å²) in [6, 6.07) is 12.2. The van der Waals surface area contributed by atoms with Crippen LogP contribution < -0.4 is 5.14 Å². The molecule has 3 aromatic rings. The molecule has 0 aliphatic rings. The molecule has 0 saturated carbocycles. The fourth-order valence-electron chi connectivity index (χ4n) is 3.05. The van der Waals surface area contributed by atoms with Crippen LogP contribution in [0, 0.1) is 13.8 Å². The molecule has 0 aliphatic heterocycles. The van der Waals surface area contributed by atoms with Crippen molar-refractivity contribution in [2.45, 2.75) is 25.3 Å². The second-order valence-electron chi connectivity index (χ2n) is 6.35. The van der Waals surface area contributed by atoms with E-state index < -0.39 is 16.7 Å². The van der Waals surface area contributed by atoms with E-state index in [1.807, 2.05) is 6.07 Å². The quantitative estimate of drug-likeness (QED) is 0.605. The average Bonchev–Trinajstić information content (AvgIpc) is 3.00. The third kappa shape index (κ3) is 3.99. The summed E-state index contributed by atoms with van der Waals surface area (Å²) < 4.78 is 48.2. The molecule has 2 aromatic carbocycles. The third-order valence-corrected chi connectivity index (χ3v) is 5.50. The van der Waals surface area contributed by atoms with Gasteiger partial charge in [0.05, 0.1) is 18.9 Å². The minimum Gasteiger partial charge on any atom is -0.374 e. The van der Waals surface area contributed by atoms with Crippen LogP contribution in [0.25, 0.3) is 22.5 Å². The first kappa shape index (κ1) is 20.2. The minimum absolute atomic E-state index is 0.0348. The molecule has 6 nitrogen and oxygen atoms in total. The first-order chi connectivity index (χ1) is 13.3. The van der Waals surface area contributed by atoms with Crippen LogP contribution in [0.2, 0.25) is 0 Å². The molecular formula is C20H21FN2O4S. The Morgan fingerprint density at radius 2 is 1.75 bits per heavy atom. The standard InChI is InChI=1S/C20H21FN2O4S/c1-13-14(2)23-27-19(13)18-9-5-8-17(20(18)28(22,24)25)16-7-4-3-6-15(16)12-26-11-10-21/h3-9H,10-12H2,1-2H3,(H2,22,24,25). The summed E-state index contributed by atoms with van der Waals surface area (Å²) in [5.74, 6) is 0.356. The van der Waals surface area contributed by atoms with E-state index in [1.165, 1.54) is 0 Å². The molecule has 0 bridgehead atoms. The maximum atomic E-state index is 12.5. The van der Waals surface area contributed by atoms with E-state index >= 15 is 0 Å². The van der Waals surface area contributed by atoms with E-state index in [4.69, 9.17) is 14.4 Å². The third-order valence-electron chi connectivity index (χ3n) is 4.49. The lowest BCUT2D eigenvalue weighted by Crippen LogP contribution is -2.15. The number of nitrogens with two attached hydrogens (primary N) is 1. The topological polar surface area (TPSA) is 95.4 Å².